The molecule has 1 N–H and O–H groups in total. The van der Waals surface area contributed by atoms with Gasteiger partial charge in [-0.2, -0.15) is 4.98 Å². The van der Waals surface area contributed by atoms with E-state index < -0.39 is 18.0 Å². The number of piperazine rings is 1. The van der Waals surface area contributed by atoms with Gasteiger partial charge in [-0.1, -0.05) is 78.9 Å². The summed E-state index contributed by atoms with van der Waals surface area (Å²) < 4.78 is 17.6. The van der Waals surface area contributed by atoms with Crippen LogP contribution in [0.1, 0.15) is 54.2 Å². The van der Waals surface area contributed by atoms with Gasteiger partial charge in [-0.25, -0.2) is 9.78 Å². The van der Waals surface area contributed by atoms with Crippen molar-refractivity contribution in [2.75, 3.05) is 32.8 Å². The standard InChI is InChI=1S/C39H43N5O6/c1-2-48-39(47)44-23-21-43(22-24-44)38(46)33(25-30-17-9-12-20-34(30)49-27-28-13-5-3-6-14-28)41-37(45)32-26-35(50-31-18-10-11-19-31)42-36(40-32)29-15-7-4-8-16-29/h3-9,12-17,20,26,31,33H,2,10-11,18-19,21-25,27H2,1H3,(H,41,45). The number of rotatable bonds is 12. The van der Waals surface area contributed by atoms with Crippen molar-refractivity contribution in [3.8, 4) is 23.0 Å². The van der Waals surface area contributed by atoms with E-state index >= 15 is 0 Å². The van der Waals surface area contributed by atoms with Crippen LogP contribution in [0.25, 0.3) is 11.4 Å². The summed E-state index contributed by atoms with van der Waals surface area (Å²) >= 11 is 0. The van der Waals surface area contributed by atoms with E-state index in [0.717, 1.165) is 42.4 Å². The average Bonchev–Trinajstić information content (AvgIpc) is 3.67. The van der Waals surface area contributed by atoms with Crippen LogP contribution >= 0.6 is 0 Å². The third-order valence-electron chi connectivity index (χ3n) is 8.91. The second-order valence-electron chi connectivity index (χ2n) is 12.4. The number of nitrogens with zero attached hydrogens (tertiary/aromatic N) is 4. The number of hydrogen-bond donors (Lipinski definition) is 1. The molecule has 3 aromatic carbocycles. The number of carbonyl (C=O) groups is 3. The summed E-state index contributed by atoms with van der Waals surface area (Å²) in [5.74, 6) is 0.528. The minimum Gasteiger partial charge on any atom is -0.489 e. The molecule has 0 radical (unpaired) electrons. The predicted octanol–water partition coefficient (Wildman–Crippen LogP) is 5.69. The number of hydrogen-bond acceptors (Lipinski definition) is 8. The Bertz CT molecular complexity index is 1740. The molecule has 2 aliphatic rings. The first-order chi connectivity index (χ1) is 24.5. The topological polar surface area (TPSA) is 123 Å². The van der Waals surface area contributed by atoms with Gasteiger partial charge in [-0.3, -0.25) is 9.59 Å². The summed E-state index contributed by atoms with van der Waals surface area (Å²) in [7, 11) is 0. The molecule has 0 spiro atoms. The molecule has 3 amide bonds. The molecule has 1 aromatic heterocycles. The SMILES string of the molecule is CCOC(=O)N1CCN(C(=O)C(Cc2ccccc2OCc2ccccc2)NC(=O)c2cc(OC3CCCC3)nc(-c3ccccc3)n2)CC1. The third-order valence-corrected chi connectivity index (χ3v) is 8.91. The molecule has 0 bridgehead atoms. The molecule has 2 fully saturated rings. The highest BCUT2D eigenvalue weighted by Gasteiger charge is 2.32. The molecule has 2 heterocycles. The normalized spacial score (nSPS) is 15.3. The van der Waals surface area contributed by atoms with Crippen LogP contribution in [0.15, 0.2) is 91.0 Å². The van der Waals surface area contributed by atoms with Crippen molar-refractivity contribution in [2.24, 2.45) is 0 Å². The smallest absolute Gasteiger partial charge is 0.409 e. The Morgan fingerprint density at radius 1 is 0.840 bits per heavy atom. The Balaban J connectivity index is 1.26. The van der Waals surface area contributed by atoms with Gasteiger partial charge in [-0.15, -0.1) is 0 Å². The highest BCUT2D eigenvalue weighted by Crippen LogP contribution is 2.26. The molecule has 6 rings (SSSR count). The van der Waals surface area contributed by atoms with Gasteiger partial charge in [0.25, 0.3) is 5.91 Å². The van der Waals surface area contributed by atoms with Crippen molar-refractivity contribution in [3.63, 3.8) is 0 Å². The van der Waals surface area contributed by atoms with E-state index in [-0.39, 0.29) is 30.7 Å². The van der Waals surface area contributed by atoms with E-state index in [1.807, 2.05) is 84.9 Å². The molecule has 11 nitrogen and oxygen atoms in total. The minimum absolute atomic E-state index is 0.0272. The highest BCUT2D eigenvalue weighted by molar-refractivity contribution is 5.97. The molecule has 11 heteroatoms. The van der Waals surface area contributed by atoms with Gasteiger partial charge < -0.3 is 29.3 Å². The van der Waals surface area contributed by atoms with Gasteiger partial charge in [0.05, 0.1) is 6.61 Å². The summed E-state index contributed by atoms with van der Waals surface area (Å²) in [5.41, 5.74) is 2.63. The maximum absolute atomic E-state index is 14.2. The molecule has 1 aliphatic heterocycles. The van der Waals surface area contributed by atoms with Crippen molar-refractivity contribution in [1.82, 2.24) is 25.1 Å². The highest BCUT2D eigenvalue weighted by atomic mass is 16.6. The van der Waals surface area contributed by atoms with Gasteiger partial charge >= 0.3 is 6.09 Å². The number of nitrogens with one attached hydrogen (secondary N) is 1. The Morgan fingerprint density at radius 2 is 1.50 bits per heavy atom. The summed E-state index contributed by atoms with van der Waals surface area (Å²) in [6, 6.07) is 27.4. The molecule has 1 saturated heterocycles. The fourth-order valence-corrected chi connectivity index (χ4v) is 6.24. The summed E-state index contributed by atoms with van der Waals surface area (Å²) in [4.78, 5) is 53.2. The van der Waals surface area contributed by atoms with E-state index in [4.69, 9.17) is 14.2 Å². The van der Waals surface area contributed by atoms with Crippen LogP contribution in [-0.4, -0.2) is 82.6 Å². The van der Waals surface area contributed by atoms with Crippen molar-refractivity contribution in [1.29, 1.82) is 0 Å². The quantitative estimate of drug-likeness (QED) is 0.203. The monoisotopic (exact) mass is 677 g/mol. The molecular weight excluding hydrogens is 634 g/mol. The summed E-state index contributed by atoms with van der Waals surface area (Å²) in [6.07, 6.45) is 3.83. The summed E-state index contributed by atoms with van der Waals surface area (Å²) in [5, 5.41) is 3.00. The number of ether oxygens (including phenoxy) is 3. The van der Waals surface area contributed by atoms with Crippen LogP contribution in [0.3, 0.4) is 0 Å². The van der Waals surface area contributed by atoms with E-state index in [9.17, 15) is 14.4 Å². The van der Waals surface area contributed by atoms with Crippen molar-refractivity contribution < 1.29 is 28.6 Å². The maximum atomic E-state index is 14.2. The second kappa shape index (κ2) is 16.8. The van der Waals surface area contributed by atoms with Crippen molar-refractivity contribution in [2.45, 2.75) is 57.8 Å². The second-order valence-corrected chi connectivity index (χ2v) is 12.4. The predicted molar refractivity (Wildman–Crippen MR) is 188 cm³/mol. The minimum atomic E-state index is -0.951. The van der Waals surface area contributed by atoms with Gasteiger partial charge in [0.1, 0.15) is 30.2 Å². The van der Waals surface area contributed by atoms with E-state index in [2.05, 4.69) is 15.3 Å². The van der Waals surface area contributed by atoms with E-state index in [0.29, 0.717) is 50.2 Å². The Kier molecular flexibility index (Phi) is 11.5. The number of amides is 3. The van der Waals surface area contributed by atoms with E-state index in [1.54, 1.807) is 22.8 Å². The van der Waals surface area contributed by atoms with Crippen molar-refractivity contribution >= 4 is 17.9 Å². The zero-order valence-electron chi connectivity index (χ0n) is 28.3. The van der Waals surface area contributed by atoms with Gasteiger partial charge in [0.15, 0.2) is 5.82 Å². The van der Waals surface area contributed by atoms with Crippen LogP contribution in [-0.2, 0) is 22.6 Å². The molecule has 1 aliphatic carbocycles. The molecular formula is C39H43N5O6. The Labute approximate surface area is 292 Å². The van der Waals surface area contributed by atoms with Crippen LogP contribution < -0.4 is 14.8 Å². The first kappa shape index (κ1) is 34.4. The van der Waals surface area contributed by atoms with Crippen molar-refractivity contribution in [3.05, 3.63) is 108 Å². The molecule has 260 valence electrons. The molecule has 1 atom stereocenters. The van der Waals surface area contributed by atoms with Crippen LogP contribution in [0, 0.1) is 0 Å². The van der Waals surface area contributed by atoms with E-state index in [1.165, 1.54) is 0 Å². The van der Waals surface area contributed by atoms with Crippen LogP contribution in [0.2, 0.25) is 0 Å². The van der Waals surface area contributed by atoms with Gasteiger partial charge in [-0.05, 0) is 49.8 Å². The number of para-hydroxylation sites is 1. The lowest BCUT2D eigenvalue weighted by Crippen LogP contribution is -2.56. The number of aromatic nitrogens is 2. The number of benzene rings is 3. The first-order valence-corrected chi connectivity index (χ1v) is 17.3. The lowest BCUT2D eigenvalue weighted by molar-refractivity contribution is -0.134. The summed E-state index contributed by atoms with van der Waals surface area (Å²) in [6.45, 7) is 3.66. The average molecular weight is 678 g/mol. The lowest BCUT2D eigenvalue weighted by atomic mass is 10.0. The molecule has 1 unspecified atom stereocenters. The first-order valence-electron chi connectivity index (χ1n) is 17.3. The maximum Gasteiger partial charge on any atom is 0.409 e. The molecule has 50 heavy (non-hydrogen) atoms. The largest absolute Gasteiger partial charge is 0.489 e. The van der Waals surface area contributed by atoms with Crippen LogP contribution in [0.5, 0.6) is 11.6 Å². The number of carbonyl (C=O) groups excluding carboxylic acids is 3. The zero-order chi connectivity index (χ0) is 34.7. The van der Waals surface area contributed by atoms with Crippen LogP contribution in [0.4, 0.5) is 4.79 Å². The molecule has 1 saturated carbocycles. The lowest BCUT2D eigenvalue weighted by Gasteiger charge is -2.36. The fraction of sp³-hybridized carbons (Fsp3) is 0.359. The molecule has 4 aromatic rings. The van der Waals surface area contributed by atoms with Gasteiger partial charge in [0.2, 0.25) is 11.8 Å². The fourth-order valence-electron chi connectivity index (χ4n) is 6.24. The Hall–Kier alpha value is -5.45. The van der Waals surface area contributed by atoms with Gasteiger partial charge in [0, 0.05) is 44.2 Å². The zero-order valence-corrected chi connectivity index (χ0v) is 28.3. The third kappa shape index (κ3) is 8.96. The Morgan fingerprint density at radius 3 is 2.22 bits per heavy atom.